The molecule has 0 aromatic carbocycles. The molecule has 0 saturated carbocycles. The number of ether oxygens (including phenoxy) is 1. The molecular formula is C18H30N4O3. The summed E-state index contributed by atoms with van der Waals surface area (Å²) in [5.41, 5.74) is 0.864. The third kappa shape index (κ3) is 3.59. The van der Waals surface area contributed by atoms with Gasteiger partial charge in [0.15, 0.2) is 0 Å². The van der Waals surface area contributed by atoms with Gasteiger partial charge in [-0.25, -0.2) is 4.98 Å². The van der Waals surface area contributed by atoms with Crippen molar-refractivity contribution in [2.24, 2.45) is 12.5 Å². The van der Waals surface area contributed by atoms with Crippen molar-refractivity contribution in [3.8, 4) is 0 Å². The van der Waals surface area contributed by atoms with Crippen LogP contribution in [0.15, 0.2) is 12.5 Å². The highest BCUT2D eigenvalue weighted by atomic mass is 16.5. The highest BCUT2D eigenvalue weighted by Gasteiger charge is 2.52. The molecule has 0 bridgehead atoms. The van der Waals surface area contributed by atoms with Gasteiger partial charge in [-0.2, -0.15) is 0 Å². The number of hydrogen-bond acceptors (Lipinski definition) is 5. The lowest BCUT2D eigenvalue weighted by molar-refractivity contribution is -0.140. The Bertz CT molecular complexity index is 609. The molecule has 1 aromatic heterocycles. The Labute approximate surface area is 149 Å². The normalized spacial score (nSPS) is 26.5. The Morgan fingerprint density at radius 2 is 2.12 bits per heavy atom. The first-order chi connectivity index (χ1) is 11.9. The lowest BCUT2D eigenvalue weighted by Gasteiger charge is -2.39. The molecule has 0 unspecified atom stereocenters. The summed E-state index contributed by atoms with van der Waals surface area (Å²) in [5.74, 6) is -0.0201. The predicted octanol–water partition coefficient (Wildman–Crippen LogP) is 0.632. The number of amides is 1. The largest absolute Gasteiger partial charge is 0.394 e. The number of nitrogens with zero attached hydrogens (tertiary/aromatic N) is 4. The smallest absolute Gasteiger partial charge is 0.249 e. The number of aliphatic hydroxyl groups is 1. The molecule has 2 aliphatic rings. The summed E-state index contributed by atoms with van der Waals surface area (Å²) < 4.78 is 7.09. The first kappa shape index (κ1) is 18.4. The lowest BCUT2D eigenvalue weighted by Crippen LogP contribution is -2.49. The number of hydrogen-bond donors (Lipinski definition) is 1. The molecule has 3 rings (SSSR count). The SMILES string of the molecule is COCC(=O)N1CC2(CCN(Cc3cncn3C)CC2)C[C@@]1(C)CO. The van der Waals surface area contributed by atoms with E-state index in [1.807, 2.05) is 31.4 Å². The minimum absolute atomic E-state index is 0.00291. The number of rotatable bonds is 5. The van der Waals surface area contributed by atoms with Crippen LogP contribution in [0.2, 0.25) is 0 Å². The molecule has 25 heavy (non-hydrogen) atoms. The summed E-state index contributed by atoms with van der Waals surface area (Å²) in [6, 6.07) is 0. The van der Waals surface area contributed by atoms with Crippen LogP contribution in [-0.4, -0.2) is 75.9 Å². The van der Waals surface area contributed by atoms with E-state index in [-0.39, 0.29) is 24.5 Å². The number of methoxy groups -OCH3 is 1. The van der Waals surface area contributed by atoms with Crippen LogP contribution in [0.1, 0.15) is 31.9 Å². The molecular weight excluding hydrogens is 320 g/mol. The maximum absolute atomic E-state index is 12.4. The zero-order valence-corrected chi connectivity index (χ0v) is 15.6. The molecule has 3 heterocycles. The van der Waals surface area contributed by atoms with E-state index in [2.05, 4.69) is 14.5 Å². The van der Waals surface area contributed by atoms with Gasteiger partial charge in [-0.3, -0.25) is 9.69 Å². The second-order valence-corrected chi connectivity index (χ2v) is 8.02. The Morgan fingerprint density at radius 1 is 1.40 bits per heavy atom. The van der Waals surface area contributed by atoms with E-state index in [9.17, 15) is 9.90 Å². The number of carbonyl (C=O) groups excluding carboxylic acids is 1. The van der Waals surface area contributed by atoms with Crippen LogP contribution in [0.3, 0.4) is 0 Å². The minimum atomic E-state index is -0.472. The molecule has 1 spiro atoms. The fraction of sp³-hybridized carbons (Fsp3) is 0.778. The van der Waals surface area contributed by atoms with Crippen LogP contribution in [-0.2, 0) is 23.1 Å². The van der Waals surface area contributed by atoms with Crippen LogP contribution in [0.25, 0.3) is 0 Å². The molecule has 7 nitrogen and oxygen atoms in total. The highest BCUT2D eigenvalue weighted by Crippen LogP contribution is 2.48. The molecule has 1 N–H and O–H groups in total. The number of aliphatic hydroxyl groups excluding tert-OH is 1. The molecule has 7 heteroatoms. The van der Waals surface area contributed by atoms with Crippen molar-refractivity contribution in [1.82, 2.24) is 19.4 Å². The van der Waals surface area contributed by atoms with Gasteiger partial charge in [0.05, 0.1) is 24.2 Å². The molecule has 2 saturated heterocycles. The molecule has 0 radical (unpaired) electrons. The number of aryl methyl sites for hydroxylation is 1. The second kappa shape index (κ2) is 7.05. The average molecular weight is 350 g/mol. The fourth-order valence-corrected chi connectivity index (χ4v) is 4.50. The molecule has 0 aliphatic carbocycles. The summed E-state index contributed by atoms with van der Waals surface area (Å²) in [6.45, 7) is 5.75. The maximum Gasteiger partial charge on any atom is 0.249 e. The minimum Gasteiger partial charge on any atom is -0.394 e. The van der Waals surface area contributed by atoms with E-state index in [0.717, 1.165) is 45.4 Å². The Balaban J connectivity index is 1.64. The quantitative estimate of drug-likeness (QED) is 0.844. The van der Waals surface area contributed by atoms with Gasteiger partial charge in [0.25, 0.3) is 0 Å². The van der Waals surface area contributed by atoms with Crippen LogP contribution in [0.4, 0.5) is 0 Å². The van der Waals surface area contributed by atoms with Crippen molar-refractivity contribution in [2.45, 2.75) is 38.3 Å². The van der Waals surface area contributed by atoms with Gasteiger partial charge < -0.3 is 19.3 Å². The van der Waals surface area contributed by atoms with E-state index in [4.69, 9.17) is 4.74 Å². The van der Waals surface area contributed by atoms with Crippen LogP contribution >= 0.6 is 0 Å². The zero-order valence-electron chi connectivity index (χ0n) is 15.6. The van der Waals surface area contributed by atoms with Gasteiger partial charge in [0, 0.05) is 33.4 Å². The number of carbonyl (C=O) groups is 1. The van der Waals surface area contributed by atoms with E-state index in [1.165, 1.54) is 12.8 Å². The van der Waals surface area contributed by atoms with Gasteiger partial charge in [-0.1, -0.05) is 0 Å². The van der Waals surface area contributed by atoms with Crippen molar-refractivity contribution in [1.29, 1.82) is 0 Å². The third-order valence-electron chi connectivity index (χ3n) is 6.03. The summed E-state index contributed by atoms with van der Waals surface area (Å²) in [6.07, 6.45) is 6.73. The molecule has 140 valence electrons. The number of imidazole rings is 1. The summed E-state index contributed by atoms with van der Waals surface area (Å²) in [7, 11) is 3.56. The predicted molar refractivity (Wildman–Crippen MR) is 93.8 cm³/mol. The number of piperidine rings is 1. The van der Waals surface area contributed by atoms with Gasteiger partial charge in [0.2, 0.25) is 5.91 Å². The van der Waals surface area contributed by atoms with Crippen molar-refractivity contribution in [3.05, 3.63) is 18.2 Å². The standard InChI is InChI=1S/C18H30N4O3/c1-17(13-23)11-18(12-22(17)16(24)10-25-3)4-6-21(7-5-18)9-15-8-19-14-20(15)2/h8,14,23H,4-7,9-13H2,1-3H3/t17-/m0/s1. The third-order valence-corrected chi connectivity index (χ3v) is 6.03. The van der Waals surface area contributed by atoms with Gasteiger partial charge >= 0.3 is 0 Å². The van der Waals surface area contributed by atoms with Crippen LogP contribution in [0, 0.1) is 5.41 Å². The summed E-state index contributed by atoms with van der Waals surface area (Å²) >= 11 is 0. The molecule has 1 amide bonds. The first-order valence-corrected chi connectivity index (χ1v) is 8.99. The van der Waals surface area contributed by atoms with Gasteiger partial charge in [-0.15, -0.1) is 0 Å². The topological polar surface area (TPSA) is 70.8 Å². The van der Waals surface area contributed by atoms with Crippen molar-refractivity contribution in [3.63, 3.8) is 0 Å². The Kier molecular flexibility index (Phi) is 5.18. The highest BCUT2D eigenvalue weighted by molar-refractivity contribution is 5.78. The van der Waals surface area contributed by atoms with E-state index in [1.54, 1.807) is 0 Å². The lowest BCUT2D eigenvalue weighted by atomic mass is 9.74. The monoisotopic (exact) mass is 350 g/mol. The molecule has 2 fully saturated rings. The van der Waals surface area contributed by atoms with Crippen LogP contribution in [0.5, 0.6) is 0 Å². The molecule has 1 atom stereocenters. The summed E-state index contributed by atoms with van der Waals surface area (Å²) in [4.78, 5) is 20.9. The van der Waals surface area contributed by atoms with Gasteiger partial charge in [0.1, 0.15) is 6.61 Å². The summed E-state index contributed by atoms with van der Waals surface area (Å²) in [5, 5.41) is 9.93. The van der Waals surface area contributed by atoms with Gasteiger partial charge in [-0.05, 0) is 44.7 Å². The first-order valence-electron chi connectivity index (χ1n) is 8.99. The maximum atomic E-state index is 12.4. The van der Waals surface area contributed by atoms with Crippen molar-refractivity contribution < 1.29 is 14.6 Å². The molecule has 1 aromatic rings. The number of aromatic nitrogens is 2. The van der Waals surface area contributed by atoms with Crippen molar-refractivity contribution in [2.75, 3.05) is 40.0 Å². The van der Waals surface area contributed by atoms with E-state index < -0.39 is 5.54 Å². The van der Waals surface area contributed by atoms with E-state index >= 15 is 0 Å². The van der Waals surface area contributed by atoms with Crippen molar-refractivity contribution >= 4 is 5.91 Å². The fourth-order valence-electron chi connectivity index (χ4n) is 4.50. The average Bonchev–Trinajstić information content (AvgIpc) is 3.12. The second-order valence-electron chi connectivity index (χ2n) is 8.02. The number of likely N-dealkylation sites (tertiary alicyclic amines) is 2. The van der Waals surface area contributed by atoms with E-state index in [0.29, 0.717) is 0 Å². The zero-order chi connectivity index (χ0) is 18.1. The molecule has 2 aliphatic heterocycles. The van der Waals surface area contributed by atoms with Crippen LogP contribution < -0.4 is 0 Å². The Morgan fingerprint density at radius 3 is 2.68 bits per heavy atom. The Hall–Kier alpha value is -1.44.